The van der Waals surface area contributed by atoms with E-state index in [1.807, 2.05) is 53.1 Å². The summed E-state index contributed by atoms with van der Waals surface area (Å²) in [5, 5.41) is 24.7. The van der Waals surface area contributed by atoms with E-state index in [1.165, 1.54) is 0 Å². The maximum atomic E-state index is 13.4. The SMILES string of the molecule is CN(C)c1ccc(N2C(=S)N[C@H]3[C@@H](O)[C@H](O)C[C@@H](C(=O)N4CCCCC4)[C@H]32)cc1. The minimum absolute atomic E-state index is 0.0621. The Bertz CT molecular complexity index is 766. The highest BCUT2D eigenvalue weighted by atomic mass is 32.1. The summed E-state index contributed by atoms with van der Waals surface area (Å²) in [6, 6.07) is 7.22. The number of carbonyl (C=O) groups is 1. The maximum Gasteiger partial charge on any atom is 0.227 e. The molecule has 2 heterocycles. The molecule has 8 heteroatoms. The van der Waals surface area contributed by atoms with Crippen molar-refractivity contribution in [3.05, 3.63) is 24.3 Å². The highest BCUT2D eigenvalue weighted by Crippen LogP contribution is 2.38. The Kier molecular flexibility index (Phi) is 5.68. The molecule has 0 aromatic heterocycles. The molecule has 0 radical (unpaired) electrons. The van der Waals surface area contributed by atoms with Crippen molar-refractivity contribution in [1.82, 2.24) is 10.2 Å². The van der Waals surface area contributed by atoms with Gasteiger partial charge in [-0.1, -0.05) is 0 Å². The predicted molar refractivity (Wildman–Crippen MR) is 117 cm³/mol. The van der Waals surface area contributed by atoms with Crippen LogP contribution in [0.4, 0.5) is 11.4 Å². The third kappa shape index (κ3) is 3.69. The molecule has 2 saturated heterocycles. The van der Waals surface area contributed by atoms with Gasteiger partial charge >= 0.3 is 0 Å². The van der Waals surface area contributed by atoms with Crippen LogP contribution in [0, 0.1) is 5.92 Å². The second-order valence-corrected chi connectivity index (χ2v) is 8.92. The lowest BCUT2D eigenvalue weighted by molar-refractivity contribution is -0.142. The fourth-order valence-electron chi connectivity index (χ4n) is 4.89. The van der Waals surface area contributed by atoms with E-state index in [4.69, 9.17) is 12.2 Å². The van der Waals surface area contributed by atoms with Gasteiger partial charge in [0.1, 0.15) is 6.10 Å². The second kappa shape index (κ2) is 8.08. The Labute approximate surface area is 177 Å². The van der Waals surface area contributed by atoms with Crippen LogP contribution in [0.3, 0.4) is 0 Å². The van der Waals surface area contributed by atoms with Crippen LogP contribution in [0.5, 0.6) is 0 Å². The lowest BCUT2D eigenvalue weighted by Crippen LogP contribution is -2.61. The van der Waals surface area contributed by atoms with Crippen molar-refractivity contribution in [1.29, 1.82) is 0 Å². The third-order valence-electron chi connectivity index (χ3n) is 6.47. The van der Waals surface area contributed by atoms with Crippen molar-refractivity contribution in [3.63, 3.8) is 0 Å². The molecule has 5 atom stereocenters. The molecule has 4 rings (SSSR count). The Morgan fingerprint density at radius 3 is 2.41 bits per heavy atom. The van der Waals surface area contributed by atoms with Gasteiger partial charge in [-0.2, -0.15) is 0 Å². The van der Waals surface area contributed by atoms with Gasteiger partial charge in [0.25, 0.3) is 0 Å². The first-order valence-electron chi connectivity index (χ1n) is 10.4. The van der Waals surface area contributed by atoms with E-state index >= 15 is 0 Å². The molecule has 0 bridgehead atoms. The van der Waals surface area contributed by atoms with E-state index in [0.29, 0.717) is 5.11 Å². The number of aliphatic hydroxyl groups excluding tert-OH is 2. The molecule has 0 spiro atoms. The van der Waals surface area contributed by atoms with Gasteiger partial charge < -0.3 is 30.2 Å². The zero-order chi connectivity index (χ0) is 20.7. The molecule has 29 heavy (non-hydrogen) atoms. The number of nitrogens with zero attached hydrogens (tertiary/aromatic N) is 3. The number of thiocarbonyl (C=S) groups is 1. The van der Waals surface area contributed by atoms with Crippen molar-refractivity contribution in [2.75, 3.05) is 37.0 Å². The van der Waals surface area contributed by atoms with E-state index < -0.39 is 24.2 Å². The van der Waals surface area contributed by atoms with Crippen molar-refractivity contribution in [2.45, 2.75) is 50.0 Å². The monoisotopic (exact) mass is 418 g/mol. The van der Waals surface area contributed by atoms with E-state index in [9.17, 15) is 15.0 Å². The highest BCUT2D eigenvalue weighted by Gasteiger charge is 2.54. The van der Waals surface area contributed by atoms with E-state index in [-0.39, 0.29) is 18.4 Å². The number of anilines is 2. The van der Waals surface area contributed by atoms with Crippen LogP contribution in [0.2, 0.25) is 0 Å². The maximum absolute atomic E-state index is 13.4. The highest BCUT2D eigenvalue weighted by molar-refractivity contribution is 7.80. The van der Waals surface area contributed by atoms with Crippen LogP contribution in [0.1, 0.15) is 25.7 Å². The zero-order valence-electron chi connectivity index (χ0n) is 17.0. The molecule has 1 aromatic carbocycles. The number of likely N-dealkylation sites (tertiary alicyclic amines) is 1. The summed E-state index contributed by atoms with van der Waals surface area (Å²) in [7, 11) is 3.97. The Balaban J connectivity index is 1.66. The number of hydrogen-bond acceptors (Lipinski definition) is 5. The summed E-state index contributed by atoms with van der Waals surface area (Å²) in [4.78, 5) is 19.3. The third-order valence-corrected chi connectivity index (χ3v) is 6.79. The normalized spacial score (nSPS) is 32.0. The topological polar surface area (TPSA) is 79.3 Å². The predicted octanol–water partition coefficient (Wildman–Crippen LogP) is 0.938. The molecule has 3 fully saturated rings. The number of carbonyl (C=O) groups excluding carboxylic acids is 1. The molecule has 1 amide bonds. The van der Waals surface area contributed by atoms with Crippen molar-refractivity contribution < 1.29 is 15.0 Å². The standard InChI is InChI=1S/C21H30N4O3S/c1-23(2)13-6-8-14(9-7-13)25-18-15(20(28)24-10-4-3-5-11-24)12-16(26)19(27)17(18)22-21(25)29/h6-9,15-19,26-27H,3-5,10-12H2,1-2H3,(H,22,29)/t15-,16-,17-,18-,19+/m1/s1. The van der Waals surface area contributed by atoms with E-state index in [0.717, 1.165) is 43.7 Å². The largest absolute Gasteiger partial charge is 0.390 e. The quantitative estimate of drug-likeness (QED) is 0.631. The fraction of sp³-hybridized carbons (Fsp3) is 0.619. The van der Waals surface area contributed by atoms with Gasteiger partial charge in [0.15, 0.2) is 5.11 Å². The lowest BCUT2D eigenvalue weighted by Gasteiger charge is -2.43. The summed E-state index contributed by atoms with van der Waals surface area (Å²) in [6.07, 6.45) is 1.52. The Morgan fingerprint density at radius 2 is 1.79 bits per heavy atom. The Hall–Kier alpha value is -1.90. The summed E-state index contributed by atoms with van der Waals surface area (Å²) >= 11 is 5.60. The number of amides is 1. The number of nitrogens with one attached hydrogen (secondary N) is 1. The van der Waals surface area contributed by atoms with Gasteiger partial charge in [0.2, 0.25) is 5.91 Å². The molecule has 2 aliphatic heterocycles. The van der Waals surface area contributed by atoms with Gasteiger partial charge in [-0.15, -0.1) is 0 Å². The molecular weight excluding hydrogens is 388 g/mol. The molecule has 1 aromatic rings. The minimum atomic E-state index is -0.964. The Morgan fingerprint density at radius 1 is 1.14 bits per heavy atom. The van der Waals surface area contributed by atoms with Crippen molar-refractivity contribution in [2.24, 2.45) is 5.92 Å². The van der Waals surface area contributed by atoms with Crippen LogP contribution in [-0.2, 0) is 4.79 Å². The van der Waals surface area contributed by atoms with Gasteiger partial charge in [-0.05, 0) is 62.2 Å². The lowest BCUT2D eigenvalue weighted by atomic mass is 9.76. The fourth-order valence-corrected chi connectivity index (χ4v) is 5.25. The number of aliphatic hydroxyl groups is 2. The molecule has 3 aliphatic rings. The van der Waals surface area contributed by atoms with Crippen LogP contribution < -0.4 is 15.1 Å². The molecule has 158 valence electrons. The molecule has 1 saturated carbocycles. The average Bonchev–Trinajstić information content (AvgIpc) is 3.08. The van der Waals surface area contributed by atoms with E-state index in [2.05, 4.69) is 5.32 Å². The molecule has 0 unspecified atom stereocenters. The molecule has 7 nitrogen and oxygen atoms in total. The second-order valence-electron chi connectivity index (χ2n) is 8.53. The zero-order valence-corrected chi connectivity index (χ0v) is 17.8. The first-order valence-corrected chi connectivity index (χ1v) is 10.8. The van der Waals surface area contributed by atoms with Crippen molar-refractivity contribution in [3.8, 4) is 0 Å². The van der Waals surface area contributed by atoms with Gasteiger partial charge in [-0.25, -0.2) is 0 Å². The summed E-state index contributed by atoms with van der Waals surface area (Å²) < 4.78 is 0. The summed E-state index contributed by atoms with van der Waals surface area (Å²) in [5.74, 6) is -0.356. The minimum Gasteiger partial charge on any atom is -0.390 e. The number of benzene rings is 1. The number of fused-ring (bicyclic) bond motifs is 1. The summed E-state index contributed by atoms with van der Waals surface area (Å²) in [6.45, 7) is 1.53. The summed E-state index contributed by atoms with van der Waals surface area (Å²) in [5.41, 5.74) is 1.96. The van der Waals surface area contributed by atoms with Gasteiger partial charge in [0, 0.05) is 38.6 Å². The smallest absolute Gasteiger partial charge is 0.227 e. The van der Waals surface area contributed by atoms with Gasteiger partial charge in [-0.3, -0.25) is 4.79 Å². The van der Waals surface area contributed by atoms with Crippen LogP contribution in [-0.4, -0.2) is 77.6 Å². The first kappa shape index (κ1) is 20.4. The number of rotatable bonds is 3. The van der Waals surface area contributed by atoms with Crippen LogP contribution >= 0.6 is 12.2 Å². The van der Waals surface area contributed by atoms with Crippen LogP contribution in [0.25, 0.3) is 0 Å². The molecule has 3 N–H and O–H groups in total. The molecule has 1 aliphatic carbocycles. The van der Waals surface area contributed by atoms with E-state index in [1.54, 1.807) is 0 Å². The average molecular weight is 419 g/mol. The number of hydrogen-bond donors (Lipinski definition) is 3. The first-order chi connectivity index (χ1) is 13.9. The molecular formula is C21H30N4O3S. The number of piperidine rings is 1. The van der Waals surface area contributed by atoms with Crippen LogP contribution in [0.15, 0.2) is 24.3 Å². The van der Waals surface area contributed by atoms with Crippen molar-refractivity contribution >= 4 is 34.6 Å². The van der Waals surface area contributed by atoms with Gasteiger partial charge in [0.05, 0.1) is 24.1 Å².